The number of anilines is 2. The third-order valence-corrected chi connectivity index (χ3v) is 4.21. The van der Waals surface area contributed by atoms with E-state index in [1.807, 2.05) is 18.2 Å². The number of thioether (sulfide) groups is 1. The van der Waals surface area contributed by atoms with E-state index in [1.165, 1.54) is 11.8 Å². The Morgan fingerprint density at radius 2 is 2.10 bits per heavy atom. The Labute approximate surface area is 132 Å². The van der Waals surface area contributed by atoms with Crippen LogP contribution in [0.4, 0.5) is 11.4 Å². The van der Waals surface area contributed by atoms with E-state index in [9.17, 15) is 4.79 Å². The van der Waals surface area contributed by atoms with Gasteiger partial charge in [0.25, 0.3) is 0 Å². The summed E-state index contributed by atoms with van der Waals surface area (Å²) in [7, 11) is 1.54. The third kappa shape index (κ3) is 4.31. The third-order valence-electron chi connectivity index (χ3n) is 2.69. The van der Waals surface area contributed by atoms with Crippen molar-refractivity contribution in [3.05, 3.63) is 47.5 Å². The number of benzene rings is 2. The van der Waals surface area contributed by atoms with Gasteiger partial charge in [-0.2, -0.15) is 0 Å². The molecule has 0 unspecified atom stereocenters. The second-order valence-electron chi connectivity index (χ2n) is 4.23. The normalized spacial score (nSPS) is 10.2. The van der Waals surface area contributed by atoms with E-state index in [0.29, 0.717) is 22.1 Å². The first-order valence-corrected chi connectivity index (χ1v) is 7.57. The van der Waals surface area contributed by atoms with Crippen LogP contribution in [0.25, 0.3) is 0 Å². The predicted octanol–water partition coefficient (Wildman–Crippen LogP) is 3.66. The van der Waals surface area contributed by atoms with Gasteiger partial charge in [-0.1, -0.05) is 23.7 Å². The van der Waals surface area contributed by atoms with Crippen molar-refractivity contribution in [3.8, 4) is 5.75 Å². The smallest absolute Gasteiger partial charge is 0.234 e. The number of carbonyl (C=O) groups is 1. The summed E-state index contributed by atoms with van der Waals surface area (Å²) in [5.74, 6) is 0.672. The van der Waals surface area contributed by atoms with Crippen LogP contribution in [0.1, 0.15) is 0 Å². The summed E-state index contributed by atoms with van der Waals surface area (Å²) in [6, 6.07) is 12.5. The molecule has 0 aliphatic carbocycles. The van der Waals surface area contributed by atoms with Gasteiger partial charge in [0.2, 0.25) is 5.91 Å². The van der Waals surface area contributed by atoms with E-state index < -0.39 is 0 Å². The number of halogens is 1. The SMILES string of the molecule is COc1ccc(N)cc1NC(=O)CSc1ccccc1Cl. The van der Waals surface area contributed by atoms with Gasteiger partial charge in [0, 0.05) is 10.6 Å². The molecule has 21 heavy (non-hydrogen) atoms. The zero-order valence-corrected chi connectivity index (χ0v) is 13.0. The Morgan fingerprint density at radius 1 is 1.33 bits per heavy atom. The second kappa shape index (κ2) is 7.24. The van der Waals surface area contributed by atoms with Crippen LogP contribution in [0.3, 0.4) is 0 Å². The summed E-state index contributed by atoms with van der Waals surface area (Å²) in [6.45, 7) is 0. The quantitative estimate of drug-likeness (QED) is 0.651. The van der Waals surface area contributed by atoms with Crippen molar-refractivity contribution in [2.45, 2.75) is 4.90 Å². The number of methoxy groups -OCH3 is 1. The summed E-state index contributed by atoms with van der Waals surface area (Å²) in [5.41, 5.74) is 6.83. The average Bonchev–Trinajstić information content (AvgIpc) is 2.47. The molecule has 1 amide bonds. The molecule has 2 aromatic rings. The summed E-state index contributed by atoms with van der Waals surface area (Å²) in [4.78, 5) is 12.9. The van der Waals surface area contributed by atoms with Crippen LogP contribution in [0.5, 0.6) is 5.75 Å². The first kappa shape index (κ1) is 15.5. The lowest BCUT2D eigenvalue weighted by Gasteiger charge is -2.11. The van der Waals surface area contributed by atoms with Gasteiger partial charge in [-0.25, -0.2) is 0 Å². The molecule has 0 bridgehead atoms. The number of ether oxygens (including phenoxy) is 1. The number of hydrogen-bond donors (Lipinski definition) is 2. The van der Waals surface area contributed by atoms with Gasteiger partial charge in [-0.3, -0.25) is 4.79 Å². The number of nitrogens with two attached hydrogens (primary N) is 1. The Bertz CT molecular complexity index is 649. The van der Waals surface area contributed by atoms with E-state index in [2.05, 4.69) is 5.32 Å². The minimum Gasteiger partial charge on any atom is -0.495 e. The van der Waals surface area contributed by atoms with Crippen LogP contribution < -0.4 is 15.8 Å². The first-order valence-electron chi connectivity index (χ1n) is 6.21. The molecular formula is C15H15ClN2O2S. The van der Waals surface area contributed by atoms with E-state index >= 15 is 0 Å². The van der Waals surface area contributed by atoms with E-state index in [1.54, 1.807) is 31.4 Å². The van der Waals surface area contributed by atoms with Gasteiger partial charge >= 0.3 is 0 Å². The Morgan fingerprint density at radius 3 is 2.81 bits per heavy atom. The molecule has 2 rings (SSSR count). The Kier molecular flexibility index (Phi) is 5.36. The minimum absolute atomic E-state index is 0.149. The fourth-order valence-electron chi connectivity index (χ4n) is 1.71. The molecule has 0 saturated carbocycles. The van der Waals surface area contributed by atoms with Crippen molar-refractivity contribution in [2.75, 3.05) is 23.9 Å². The van der Waals surface area contributed by atoms with Gasteiger partial charge < -0.3 is 15.8 Å². The molecule has 6 heteroatoms. The van der Waals surface area contributed by atoms with Crippen LogP contribution in [-0.2, 0) is 4.79 Å². The Hall–Kier alpha value is -1.85. The van der Waals surface area contributed by atoms with Crippen LogP contribution in [0.15, 0.2) is 47.4 Å². The molecule has 0 aromatic heterocycles. The van der Waals surface area contributed by atoms with Gasteiger partial charge in [0.1, 0.15) is 5.75 Å². The maximum Gasteiger partial charge on any atom is 0.234 e. The lowest BCUT2D eigenvalue weighted by atomic mass is 10.2. The van der Waals surface area contributed by atoms with Crippen molar-refractivity contribution >= 4 is 40.6 Å². The molecule has 4 nitrogen and oxygen atoms in total. The predicted molar refractivity (Wildman–Crippen MR) is 88.2 cm³/mol. The van der Waals surface area contributed by atoms with E-state index in [0.717, 1.165) is 4.90 Å². The van der Waals surface area contributed by atoms with Crippen molar-refractivity contribution in [3.63, 3.8) is 0 Å². The van der Waals surface area contributed by atoms with E-state index in [4.69, 9.17) is 22.1 Å². The van der Waals surface area contributed by atoms with Crippen molar-refractivity contribution in [2.24, 2.45) is 0 Å². The molecule has 0 atom stereocenters. The fourth-order valence-corrected chi connectivity index (χ4v) is 2.75. The topological polar surface area (TPSA) is 64.3 Å². The lowest BCUT2D eigenvalue weighted by Crippen LogP contribution is -2.14. The van der Waals surface area contributed by atoms with Crippen molar-refractivity contribution in [1.82, 2.24) is 0 Å². The highest BCUT2D eigenvalue weighted by Crippen LogP contribution is 2.29. The van der Waals surface area contributed by atoms with Crippen molar-refractivity contribution in [1.29, 1.82) is 0 Å². The molecule has 0 radical (unpaired) electrons. The van der Waals surface area contributed by atoms with Crippen LogP contribution in [-0.4, -0.2) is 18.8 Å². The molecule has 0 saturated heterocycles. The molecule has 0 heterocycles. The number of rotatable bonds is 5. The zero-order chi connectivity index (χ0) is 15.2. The number of nitrogen functional groups attached to an aromatic ring is 1. The van der Waals surface area contributed by atoms with Crippen molar-refractivity contribution < 1.29 is 9.53 Å². The average molecular weight is 323 g/mol. The second-order valence-corrected chi connectivity index (χ2v) is 5.65. The minimum atomic E-state index is -0.149. The van der Waals surface area contributed by atoms with Crippen LogP contribution >= 0.6 is 23.4 Å². The van der Waals surface area contributed by atoms with Gasteiger partial charge in [0.15, 0.2) is 0 Å². The number of nitrogens with one attached hydrogen (secondary N) is 1. The summed E-state index contributed by atoms with van der Waals surface area (Å²) >= 11 is 7.42. The van der Waals surface area contributed by atoms with Gasteiger partial charge in [-0.15, -0.1) is 11.8 Å². The van der Waals surface area contributed by atoms with E-state index in [-0.39, 0.29) is 11.7 Å². The fraction of sp³-hybridized carbons (Fsp3) is 0.133. The molecule has 2 aromatic carbocycles. The van der Waals surface area contributed by atoms with Gasteiger partial charge in [-0.05, 0) is 30.3 Å². The first-order chi connectivity index (χ1) is 10.1. The molecular weight excluding hydrogens is 308 g/mol. The number of hydrogen-bond acceptors (Lipinski definition) is 4. The molecule has 3 N–H and O–H groups in total. The molecule has 0 fully saturated rings. The molecule has 110 valence electrons. The summed E-state index contributed by atoms with van der Waals surface area (Å²) in [6.07, 6.45) is 0. The lowest BCUT2D eigenvalue weighted by molar-refractivity contribution is -0.113. The number of amides is 1. The highest BCUT2D eigenvalue weighted by atomic mass is 35.5. The molecule has 0 spiro atoms. The zero-order valence-electron chi connectivity index (χ0n) is 11.4. The van der Waals surface area contributed by atoms with Gasteiger partial charge in [0.05, 0.1) is 23.6 Å². The van der Waals surface area contributed by atoms with Crippen LogP contribution in [0, 0.1) is 0 Å². The van der Waals surface area contributed by atoms with Crippen LogP contribution in [0.2, 0.25) is 5.02 Å². The maximum absolute atomic E-state index is 12.0. The molecule has 0 aliphatic rings. The maximum atomic E-state index is 12.0. The largest absolute Gasteiger partial charge is 0.495 e. The highest BCUT2D eigenvalue weighted by Gasteiger charge is 2.09. The Balaban J connectivity index is 1.99. The standard InChI is InChI=1S/C15H15ClN2O2S/c1-20-13-7-6-10(17)8-12(13)18-15(19)9-21-14-5-3-2-4-11(14)16/h2-8H,9,17H2,1H3,(H,18,19). The molecule has 0 aliphatic heterocycles. The highest BCUT2D eigenvalue weighted by molar-refractivity contribution is 8.00. The monoisotopic (exact) mass is 322 g/mol. The summed E-state index contributed by atoms with van der Waals surface area (Å²) < 4.78 is 5.18. The summed E-state index contributed by atoms with van der Waals surface area (Å²) in [5, 5.41) is 3.42. The number of carbonyl (C=O) groups excluding carboxylic acids is 1.